The van der Waals surface area contributed by atoms with Gasteiger partial charge in [0.2, 0.25) is 0 Å². The molecule has 0 aliphatic rings. The highest BCUT2D eigenvalue weighted by molar-refractivity contribution is 7.20. The summed E-state index contributed by atoms with van der Waals surface area (Å²) in [6.45, 7) is 0. The number of ether oxygens (including phenoxy) is 1. The smallest absolute Gasteiger partial charge is 0.266 e. The average Bonchev–Trinajstić information content (AvgIpc) is 3.05. The Balaban J connectivity index is 1.75. The van der Waals surface area contributed by atoms with Gasteiger partial charge in [0.05, 0.1) is 17.5 Å². The van der Waals surface area contributed by atoms with Crippen molar-refractivity contribution in [1.29, 1.82) is 0 Å². The monoisotopic (exact) mass is 369 g/mol. The van der Waals surface area contributed by atoms with Crippen molar-refractivity contribution < 1.29 is 9.53 Å². The standard InChI is InChI=1S/C18H12ClN3O2S/c1-24-12-6-5-10-8-11-9-13(25-18(11)22-16(10)15(12)19)17(23)21-14-4-2-3-7-20-14/h2-9H,1H3,(H,20,21,23). The number of carbonyl (C=O) groups is 1. The minimum Gasteiger partial charge on any atom is -0.495 e. The molecule has 0 bridgehead atoms. The van der Waals surface area contributed by atoms with E-state index >= 15 is 0 Å². The lowest BCUT2D eigenvalue weighted by molar-refractivity contribution is 0.103. The number of fused-ring (bicyclic) bond motifs is 2. The number of anilines is 1. The van der Waals surface area contributed by atoms with E-state index in [2.05, 4.69) is 15.3 Å². The number of benzene rings is 1. The molecular formula is C18H12ClN3O2S. The largest absolute Gasteiger partial charge is 0.495 e. The first-order valence-electron chi connectivity index (χ1n) is 7.45. The van der Waals surface area contributed by atoms with Gasteiger partial charge in [-0.15, -0.1) is 11.3 Å². The predicted molar refractivity (Wildman–Crippen MR) is 101 cm³/mol. The highest BCUT2D eigenvalue weighted by Gasteiger charge is 2.14. The molecule has 25 heavy (non-hydrogen) atoms. The number of nitrogens with one attached hydrogen (secondary N) is 1. The van der Waals surface area contributed by atoms with E-state index in [0.717, 1.165) is 15.6 Å². The first-order chi connectivity index (χ1) is 12.2. The van der Waals surface area contributed by atoms with Crippen LogP contribution in [0.15, 0.2) is 48.7 Å². The van der Waals surface area contributed by atoms with Crippen LogP contribution in [0.25, 0.3) is 21.1 Å². The van der Waals surface area contributed by atoms with Crippen molar-refractivity contribution >= 4 is 55.8 Å². The third-order valence-corrected chi connectivity index (χ3v) is 5.14. The van der Waals surface area contributed by atoms with Crippen LogP contribution in [0.5, 0.6) is 5.75 Å². The molecule has 4 rings (SSSR count). The Kier molecular flexibility index (Phi) is 3.99. The molecule has 3 heterocycles. The number of hydrogen-bond acceptors (Lipinski definition) is 5. The fourth-order valence-electron chi connectivity index (χ4n) is 2.53. The van der Waals surface area contributed by atoms with Crippen molar-refractivity contribution in [3.8, 4) is 5.75 Å². The van der Waals surface area contributed by atoms with Gasteiger partial charge in [0.25, 0.3) is 5.91 Å². The van der Waals surface area contributed by atoms with Crippen molar-refractivity contribution in [1.82, 2.24) is 9.97 Å². The molecule has 0 spiro atoms. The van der Waals surface area contributed by atoms with Gasteiger partial charge in [-0.3, -0.25) is 4.79 Å². The minimum atomic E-state index is -0.213. The molecule has 0 unspecified atom stereocenters. The van der Waals surface area contributed by atoms with E-state index in [9.17, 15) is 4.79 Å². The molecule has 0 fully saturated rings. The number of pyridine rings is 2. The second-order valence-electron chi connectivity index (χ2n) is 5.32. The molecule has 0 aliphatic heterocycles. The van der Waals surface area contributed by atoms with Crippen LogP contribution in [0, 0.1) is 0 Å². The van der Waals surface area contributed by atoms with Crippen LogP contribution in [-0.4, -0.2) is 23.0 Å². The summed E-state index contributed by atoms with van der Waals surface area (Å²) in [5.74, 6) is 0.871. The Morgan fingerprint density at radius 3 is 2.84 bits per heavy atom. The van der Waals surface area contributed by atoms with E-state index in [1.54, 1.807) is 31.5 Å². The normalized spacial score (nSPS) is 11.0. The van der Waals surface area contributed by atoms with Crippen molar-refractivity contribution in [3.63, 3.8) is 0 Å². The van der Waals surface area contributed by atoms with Crippen molar-refractivity contribution in [2.75, 3.05) is 12.4 Å². The van der Waals surface area contributed by atoms with E-state index in [-0.39, 0.29) is 5.91 Å². The number of amides is 1. The van der Waals surface area contributed by atoms with Crippen LogP contribution >= 0.6 is 22.9 Å². The lowest BCUT2D eigenvalue weighted by Gasteiger charge is -2.05. The second-order valence-corrected chi connectivity index (χ2v) is 6.72. The van der Waals surface area contributed by atoms with E-state index in [4.69, 9.17) is 16.3 Å². The summed E-state index contributed by atoms with van der Waals surface area (Å²) >= 11 is 7.66. The van der Waals surface area contributed by atoms with Crippen LogP contribution in [0.4, 0.5) is 5.82 Å². The Labute approximate surface area is 152 Å². The minimum absolute atomic E-state index is 0.213. The van der Waals surface area contributed by atoms with E-state index < -0.39 is 0 Å². The van der Waals surface area contributed by atoms with E-state index in [1.807, 2.05) is 24.3 Å². The Hall–Kier alpha value is -2.70. The number of halogens is 1. The summed E-state index contributed by atoms with van der Waals surface area (Å²) in [6, 6.07) is 12.8. The summed E-state index contributed by atoms with van der Waals surface area (Å²) in [5, 5.41) is 5.03. The van der Waals surface area contributed by atoms with Gasteiger partial charge < -0.3 is 10.1 Å². The summed E-state index contributed by atoms with van der Waals surface area (Å²) in [6.07, 6.45) is 1.63. The molecule has 4 aromatic rings. The second kappa shape index (κ2) is 6.31. The zero-order valence-corrected chi connectivity index (χ0v) is 14.7. The maximum absolute atomic E-state index is 12.4. The maximum atomic E-state index is 12.4. The number of thiophene rings is 1. The average molecular weight is 370 g/mol. The molecule has 0 radical (unpaired) electrons. The first kappa shape index (κ1) is 15.8. The highest BCUT2D eigenvalue weighted by Crippen LogP contribution is 2.35. The number of aromatic nitrogens is 2. The van der Waals surface area contributed by atoms with E-state index in [1.165, 1.54) is 11.3 Å². The first-order valence-corrected chi connectivity index (χ1v) is 8.64. The van der Waals surface area contributed by atoms with Crippen molar-refractivity contribution in [2.45, 2.75) is 0 Å². The molecular weight excluding hydrogens is 358 g/mol. The molecule has 1 amide bonds. The Morgan fingerprint density at radius 2 is 2.08 bits per heavy atom. The lowest BCUT2D eigenvalue weighted by Crippen LogP contribution is -2.10. The molecule has 1 N–H and O–H groups in total. The SMILES string of the molecule is COc1ccc2cc3cc(C(=O)Nc4ccccn4)sc3nc2c1Cl. The lowest BCUT2D eigenvalue weighted by atomic mass is 10.2. The number of carbonyl (C=O) groups excluding carboxylic acids is 1. The summed E-state index contributed by atoms with van der Waals surface area (Å²) < 4.78 is 5.24. The molecule has 1 aromatic carbocycles. The fourth-order valence-corrected chi connectivity index (χ4v) is 3.73. The molecule has 124 valence electrons. The van der Waals surface area contributed by atoms with Crippen molar-refractivity contribution in [3.05, 3.63) is 58.6 Å². The van der Waals surface area contributed by atoms with Gasteiger partial charge in [0, 0.05) is 17.0 Å². The van der Waals surface area contributed by atoms with Gasteiger partial charge in [-0.2, -0.15) is 0 Å². The van der Waals surface area contributed by atoms with Gasteiger partial charge in [-0.1, -0.05) is 17.7 Å². The van der Waals surface area contributed by atoms with Crippen molar-refractivity contribution in [2.24, 2.45) is 0 Å². The molecule has 0 saturated heterocycles. The molecule has 5 nitrogen and oxygen atoms in total. The quantitative estimate of drug-likeness (QED) is 0.565. The third kappa shape index (κ3) is 2.90. The summed E-state index contributed by atoms with van der Waals surface area (Å²) in [4.78, 5) is 22.4. The van der Waals surface area contributed by atoms with Crippen LogP contribution in [0.2, 0.25) is 5.02 Å². The van der Waals surface area contributed by atoms with Crippen LogP contribution < -0.4 is 10.1 Å². The van der Waals surface area contributed by atoms with Gasteiger partial charge >= 0.3 is 0 Å². The van der Waals surface area contributed by atoms with Crippen LogP contribution in [-0.2, 0) is 0 Å². The molecule has 3 aromatic heterocycles. The Bertz CT molecular complexity index is 1100. The van der Waals surface area contributed by atoms with Crippen LogP contribution in [0.1, 0.15) is 9.67 Å². The molecule has 0 atom stereocenters. The predicted octanol–water partition coefficient (Wildman–Crippen LogP) is 4.76. The fraction of sp³-hybridized carbons (Fsp3) is 0.0556. The van der Waals surface area contributed by atoms with Gasteiger partial charge in [0.15, 0.2) is 0 Å². The summed E-state index contributed by atoms with van der Waals surface area (Å²) in [5.41, 5.74) is 0.659. The zero-order chi connectivity index (χ0) is 17.4. The highest BCUT2D eigenvalue weighted by atomic mass is 35.5. The van der Waals surface area contributed by atoms with Crippen LogP contribution in [0.3, 0.4) is 0 Å². The number of methoxy groups -OCH3 is 1. The summed E-state index contributed by atoms with van der Waals surface area (Å²) in [7, 11) is 1.57. The van der Waals surface area contributed by atoms with E-state index in [0.29, 0.717) is 27.0 Å². The molecule has 0 saturated carbocycles. The number of nitrogens with zero attached hydrogens (tertiary/aromatic N) is 2. The molecule has 7 heteroatoms. The Morgan fingerprint density at radius 1 is 1.20 bits per heavy atom. The molecule has 0 aliphatic carbocycles. The maximum Gasteiger partial charge on any atom is 0.266 e. The van der Waals surface area contributed by atoms with Gasteiger partial charge in [0.1, 0.15) is 21.4 Å². The van der Waals surface area contributed by atoms with Gasteiger partial charge in [-0.25, -0.2) is 9.97 Å². The van der Waals surface area contributed by atoms with Gasteiger partial charge in [-0.05, 0) is 36.4 Å². The topological polar surface area (TPSA) is 64.1 Å². The number of rotatable bonds is 3. The zero-order valence-electron chi connectivity index (χ0n) is 13.1. The number of hydrogen-bond donors (Lipinski definition) is 1. The third-order valence-electron chi connectivity index (χ3n) is 3.73.